The Balaban J connectivity index is 1.53. The van der Waals surface area contributed by atoms with Crippen molar-refractivity contribution in [3.05, 3.63) is 58.9 Å². The molecule has 2 saturated heterocycles. The van der Waals surface area contributed by atoms with Crippen molar-refractivity contribution in [2.24, 2.45) is 5.41 Å². The van der Waals surface area contributed by atoms with E-state index < -0.39 is 9.84 Å². The molecular formula is C26H35ClN2O3S. The number of sulfone groups is 1. The maximum atomic E-state index is 11.8. The average Bonchev–Trinajstić information content (AvgIpc) is 3.17. The van der Waals surface area contributed by atoms with Crippen molar-refractivity contribution in [2.75, 3.05) is 19.3 Å². The van der Waals surface area contributed by atoms with E-state index in [9.17, 15) is 8.42 Å². The van der Waals surface area contributed by atoms with Crippen LogP contribution in [0.1, 0.15) is 58.2 Å². The van der Waals surface area contributed by atoms with Crippen LogP contribution in [0.3, 0.4) is 0 Å². The summed E-state index contributed by atoms with van der Waals surface area (Å²) in [5.41, 5.74) is 2.06. The summed E-state index contributed by atoms with van der Waals surface area (Å²) in [5.74, 6) is 0. The van der Waals surface area contributed by atoms with Gasteiger partial charge in [0.15, 0.2) is 9.84 Å². The quantitative estimate of drug-likeness (QED) is 0.529. The molecule has 0 saturated carbocycles. The SMILES string of the molecule is CC1(C)C[C@H]([C@]2(CCc3ccc(S(C)(=O)=O)cn3)CCN(C(C)(C)c3ccc(Cl)cc3)C2)O1. The van der Waals surface area contributed by atoms with Gasteiger partial charge in [-0.2, -0.15) is 0 Å². The minimum absolute atomic E-state index is 0.0520. The predicted octanol–water partition coefficient (Wildman–Crippen LogP) is 5.27. The summed E-state index contributed by atoms with van der Waals surface area (Å²) in [5, 5.41) is 0.754. The lowest BCUT2D eigenvalue weighted by atomic mass is 9.70. The van der Waals surface area contributed by atoms with E-state index in [0.29, 0.717) is 0 Å². The smallest absolute Gasteiger partial charge is 0.177 e. The van der Waals surface area contributed by atoms with Gasteiger partial charge in [0.25, 0.3) is 0 Å². The molecule has 1 aromatic carbocycles. The van der Waals surface area contributed by atoms with Gasteiger partial charge in [-0.15, -0.1) is 0 Å². The van der Waals surface area contributed by atoms with Gasteiger partial charge in [-0.3, -0.25) is 9.88 Å². The Labute approximate surface area is 203 Å². The maximum absolute atomic E-state index is 11.8. The summed E-state index contributed by atoms with van der Waals surface area (Å²) in [6.45, 7) is 10.9. The zero-order valence-corrected chi connectivity index (χ0v) is 21.8. The summed E-state index contributed by atoms with van der Waals surface area (Å²) in [6, 6.07) is 11.7. The molecule has 4 rings (SSSR count). The first-order valence-electron chi connectivity index (χ1n) is 11.6. The number of hydrogen-bond donors (Lipinski definition) is 0. The summed E-state index contributed by atoms with van der Waals surface area (Å²) in [6.07, 6.45) is 6.82. The molecule has 0 unspecified atom stereocenters. The topological polar surface area (TPSA) is 59.5 Å². The van der Waals surface area contributed by atoms with Crippen LogP contribution in [0, 0.1) is 5.41 Å². The minimum atomic E-state index is -3.23. The Hall–Kier alpha value is -1.47. The highest BCUT2D eigenvalue weighted by Gasteiger charge is 2.54. The van der Waals surface area contributed by atoms with E-state index in [-0.39, 0.29) is 27.6 Å². The highest BCUT2D eigenvalue weighted by molar-refractivity contribution is 7.90. The number of ether oxygens (including phenoxy) is 1. The molecular weight excluding hydrogens is 456 g/mol. The molecule has 33 heavy (non-hydrogen) atoms. The van der Waals surface area contributed by atoms with E-state index in [1.54, 1.807) is 6.07 Å². The van der Waals surface area contributed by atoms with E-state index in [0.717, 1.165) is 49.5 Å². The number of rotatable bonds is 7. The fourth-order valence-corrected chi connectivity index (χ4v) is 6.05. The van der Waals surface area contributed by atoms with Crippen molar-refractivity contribution in [2.45, 2.75) is 75.5 Å². The second-order valence-corrected chi connectivity index (χ2v) is 13.4. The van der Waals surface area contributed by atoms with Crippen LogP contribution in [-0.4, -0.2) is 49.4 Å². The van der Waals surface area contributed by atoms with Crippen LogP contribution in [0.4, 0.5) is 0 Å². The van der Waals surface area contributed by atoms with Crippen LogP contribution >= 0.6 is 11.6 Å². The fraction of sp³-hybridized carbons (Fsp3) is 0.577. The van der Waals surface area contributed by atoms with E-state index in [2.05, 4.69) is 49.7 Å². The number of halogens is 1. The lowest BCUT2D eigenvalue weighted by Gasteiger charge is -2.52. The number of aromatic nitrogens is 1. The Bertz CT molecular complexity index is 1090. The first-order chi connectivity index (χ1) is 15.3. The van der Waals surface area contributed by atoms with E-state index >= 15 is 0 Å². The molecule has 2 aromatic rings. The zero-order chi connectivity index (χ0) is 24.1. The molecule has 0 amide bonds. The van der Waals surface area contributed by atoms with Gasteiger partial charge in [-0.05, 0) is 83.3 Å². The van der Waals surface area contributed by atoms with Crippen molar-refractivity contribution >= 4 is 21.4 Å². The molecule has 3 heterocycles. The van der Waals surface area contributed by atoms with Gasteiger partial charge in [0.05, 0.1) is 16.6 Å². The Morgan fingerprint density at radius 3 is 2.39 bits per heavy atom. The fourth-order valence-electron chi connectivity index (χ4n) is 5.36. The zero-order valence-electron chi connectivity index (χ0n) is 20.3. The summed E-state index contributed by atoms with van der Waals surface area (Å²) >= 11 is 6.13. The van der Waals surface area contributed by atoms with Crippen molar-refractivity contribution in [1.82, 2.24) is 9.88 Å². The normalized spacial score (nSPS) is 25.7. The predicted molar refractivity (Wildman–Crippen MR) is 132 cm³/mol. The van der Waals surface area contributed by atoms with Crippen LogP contribution in [0.15, 0.2) is 47.5 Å². The van der Waals surface area contributed by atoms with Gasteiger partial charge in [0.1, 0.15) is 0 Å². The van der Waals surface area contributed by atoms with Crippen LogP contribution < -0.4 is 0 Å². The molecule has 2 aliphatic heterocycles. The Morgan fingerprint density at radius 1 is 1.18 bits per heavy atom. The third-order valence-electron chi connectivity index (χ3n) is 7.65. The third-order valence-corrected chi connectivity index (χ3v) is 9.00. The third kappa shape index (κ3) is 5.14. The van der Waals surface area contributed by atoms with Crippen molar-refractivity contribution in [1.29, 1.82) is 0 Å². The number of pyridine rings is 1. The molecule has 0 spiro atoms. The van der Waals surface area contributed by atoms with Gasteiger partial charge < -0.3 is 4.74 Å². The van der Waals surface area contributed by atoms with Crippen LogP contribution in [0.5, 0.6) is 0 Å². The van der Waals surface area contributed by atoms with Gasteiger partial charge in [0.2, 0.25) is 0 Å². The van der Waals surface area contributed by atoms with Gasteiger partial charge >= 0.3 is 0 Å². The minimum Gasteiger partial charge on any atom is -0.372 e. The highest BCUT2D eigenvalue weighted by Crippen LogP contribution is 2.51. The summed E-state index contributed by atoms with van der Waals surface area (Å²) in [7, 11) is -3.23. The van der Waals surface area contributed by atoms with Crippen LogP contribution in [0.25, 0.3) is 0 Å². The Morgan fingerprint density at radius 2 is 1.85 bits per heavy atom. The molecule has 2 fully saturated rings. The molecule has 0 bridgehead atoms. The van der Waals surface area contributed by atoms with Gasteiger partial charge in [-0.1, -0.05) is 23.7 Å². The molecule has 180 valence electrons. The first kappa shape index (κ1) is 24.6. The maximum Gasteiger partial charge on any atom is 0.177 e. The van der Waals surface area contributed by atoms with Gasteiger partial charge in [-0.25, -0.2) is 8.42 Å². The molecule has 0 aliphatic carbocycles. The average molecular weight is 491 g/mol. The summed E-state index contributed by atoms with van der Waals surface area (Å²) < 4.78 is 29.9. The largest absolute Gasteiger partial charge is 0.372 e. The van der Waals surface area contributed by atoms with Crippen LogP contribution in [-0.2, 0) is 26.5 Å². The monoisotopic (exact) mass is 490 g/mol. The van der Waals surface area contributed by atoms with E-state index in [1.807, 2.05) is 18.2 Å². The van der Waals surface area contributed by atoms with Gasteiger partial charge in [0, 0.05) is 47.1 Å². The standard InChI is InChI=1S/C26H35ClN2O3S/c1-24(2)16-23(32-24)26(13-12-21-10-11-22(17-28-21)33(5,30)31)14-15-29(18-26)25(3,4)19-6-8-20(27)9-7-19/h6-11,17,23H,12-16,18H2,1-5H3/t23-,26-/m1/s1. The molecule has 2 atom stereocenters. The highest BCUT2D eigenvalue weighted by atomic mass is 35.5. The number of aryl methyl sites for hydroxylation is 1. The van der Waals surface area contributed by atoms with E-state index in [1.165, 1.54) is 18.0 Å². The van der Waals surface area contributed by atoms with E-state index in [4.69, 9.17) is 16.3 Å². The molecule has 0 radical (unpaired) electrons. The number of likely N-dealkylation sites (tertiary alicyclic amines) is 1. The van der Waals surface area contributed by atoms with Crippen LogP contribution in [0.2, 0.25) is 5.02 Å². The second kappa shape index (κ2) is 8.63. The molecule has 1 aromatic heterocycles. The Kier molecular flexibility index (Phi) is 6.45. The molecule has 7 heteroatoms. The summed E-state index contributed by atoms with van der Waals surface area (Å²) in [4.78, 5) is 7.29. The number of nitrogens with zero attached hydrogens (tertiary/aromatic N) is 2. The van der Waals surface area contributed by atoms with Crippen molar-refractivity contribution < 1.29 is 13.2 Å². The lowest BCUT2D eigenvalue weighted by Crippen LogP contribution is -2.56. The second-order valence-electron chi connectivity index (χ2n) is 10.9. The molecule has 0 N–H and O–H groups in total. The first-order valence-corrected chi connectivity index (χ1v) is 13.9. The van der Waals surface area contributed by atoms with Crippen molar-refractivity contribution in [3.8, 4) is 0 Å². The van der Waals surface area contributed by atoms with Crippen molar-refractivity contribution in [3.63, 3.8) is 0 Å². The molecule has 2 aliphatic rings. The number of hydrogen-bond acceptors (Lipinski definition) is 5. The number of benzene rings is 1. The molecule has 5 nitrogen and oxygen atoms in total. The lowest BCUT2D eigenvalue weighted by molar-refractivity contribution is -0.231.